The van der Waals surface area contributed by atoms with Gasteiger partial charge in [0.15, 0.2) is 0 Å². The lowest BCUT2D eigenvalue weighted by Crippen LogP contribution is -2.10. The molecule has 0 aromatic heterocycles. The monoisotopic (exact) mass is 239 g/mol. The smallest absolute Gasteiger partial charge is 0.248 e. The molecule has 0 unspecified atom stereocenters. The molecule has 0 saturated carbocycles. The number of amides is 1. The number of primary amides is 1. The summed E-state index contributed by atoms with van der Waals surface area (Å²) >= 11 is 3.28. The molecular formula is C10H10BrNO. The second-order valence-corrected chi connectivity index (χ2v) is 3.19. The van der Waals surface area contributed by atoms with E-state index in [1.54, 1.807) is 12.1 Å². The summed E-state index contributed by atoms with van der Waals surface area (Å²) in [5.41, 5.74) is 6.66. The van der Waals surface area contributed by atoms with E-state index in [0.717, 1.165) is 10.9 Å². The van der Waals surface area contributed by atoms with Crippen LogP contribution in [0.3, 0.4) is 0 Å². The zero-order valence-corrected chi connectivity index (χ0v) is 8.62. The molecule has 0 saturated heterocycles. The van der Waals surface area contributed by atoms with Gasteiger partial charge in [-0.15, -0.1) is 0 Å². The van der Waals surface area contributed by atoms with Crippen molar-refractivity contribution in [3.05, 3.63) is 41.5 Å². The SMILES string of the molecule is NC(=O)c1cccc(C=CCBr)c1. The van der Waals surface area contributed by atoms with Gasteiger partial charge in [0.05, 0.1) is 0 Å². The highest BCUT2D eigenvalue weighted by Crippen LogP contribution is 2.06. The van der Waals surface area contributed by atoms with Crippen LogP contribution < -0.4 is 5.73 Å². The van der Waals surface area contributed by atoms with Crippen molar-refractivity contribution in [1.29, 1.82) is 0 Å². The van der Waals surface area contributed by atoms with Crippen LogP contribution in [0.25, 0.3) is 6.08 Å². The molecule has 0 aliphatic heterocycles. The molecular weight excluding hydrogens is 230 g/mol. The Morgan fingerprint density at radius 2 is 2.31 bits per heavy atom. The number of rotatable bonds is 3. The summed E-state index contributed by atoms with van der Waals surface area (Å²) < 4.78 is 0. The summed E-state index contributed by atoms with van der Waals surface area (Å²) in [5, 5.41) is 0.799. The number of hydrogen-bond acceptors (Lipinski definition) is 1. The molecule has 1 rings (SSSR count). The number of alkyl halides is 1. The second kappa shape index (κ2) is 4.82. The first-order valence-electron chi connectivity index (χ1n) is 3.86. The molecule has 0 radical (unpaired) electrons. The molecule has 1 amide bonds. The molecule has 13 heavy (non-hydrogen) atoms. The average Bonchev–Trinajstić information content (AvgIpc) is 2.15. The number of carbonyl (C=O) groups excluding carboxylic acids is 1. The van der Waals surface area contributed by atoms with E-state index in [1.165, 1.54) is 0 Å². The molecule has 0 bridgehead atoms. The van der Waals surface area contributed by atoms with Crippen molar-refractivity contribution < 1.29 is 4.79 Å². The van der Waals surface area contributed by atoms with Gasteiger partial charge in [-0.3, -0.25) is 4.79 Å². The first kappa shape index (κ1) is 9.99. The highest BCUT2D eigenvalue weighted by Gasteiger charge is 1.98. The molecule has 1 aromatic rings. The predicted molar refractivity (Wildman–Crippen MR) is 57.8 cm³/mol. The van der Waals surface area contributed by atoms with Crippen molar-refractivity contribution in [3.8, 4) is 0 Å². The number of nitrogens with two attached hydrogens (primary N) is 1. The average molecular weight is 240 g/mol. The van der Waals surface area contributed by atoms with Crippen LogP contribution in [0.2, 0.25) is 0 Å². The number of carbonyl (C=O) groups is 1. The lowest BCUT2D eigenvalue weighted by atomic mass is 10.1. The quantitative estimate of drug-likeness (QED) is 0.808. The summed E-state index contributed by atoms with van der Waals surface area (Å²) in [7, 11) is 0. The maximum atomic E-state index is 10.8. The first-order chi connectivity index (χ1) is 6.24. The topological polar surface area (TPSA) is 43.1 Å². The van der Waals surface area contributed by atoms with Gasteiger partial charge in [-0.25, -0.2) is 0 Å². The van der Waals surface area contributed by atoms with Gasteiger partial charge in [-0.1, -0.05) is 40.2 Å². The van der Waals surface area contributed by atoms with E-state index in [2.05, 4.69) is 15.9 Å². The predicted octanol–water partition coefficient (Wildman–Crippen LogP) is 2.19. The van der Waals surface area contributed by atoms with Gasteiger partial charge in [-0.2, -0.15) is 0 Å². The van der Waals surface area contributed by atoms with Crippen LogP contribution in [0.15, 0.2) is 30.3 Å². The molecule has 1 aromatic carbocycles. The molecule has 2 N–H and O–H groups in total. The van der Waals surface area contributed by atoms with E-state index in [-0.39, 0.29) is 0 Å². The van der Waals surface area contributed by atoms with Crippen LogP contribution in [0.1, 0.15) is 15.9 Å². The summed E-state index contributed by atoms with van der Waals surface area (Å²) in [6, 6.07) is 7.20. The largest absolute Gasteiger partial charge is 0.366 e. The molecule has 0 heterocycles. The maximum Gasteiger partial charge on any atom is 0.248 e. The van der Waals surface area contributed by atoms with Crippen LogP contribution in [-0.2, 0) is 0 Å². The maximum absolute atomic E-state index is 10.8. The van der Waals surface area contributed by atoms with E-state index in [1.807, 2.05) is 24.3 Å². The summed E-state index contributed by atoms with van der Waals surface area (Å²) in [6.07, 6.45) is 3.89. The Hall–Kier alpha value is -1.09. The van der Waals surface area contributed by atoms with Gasteiger partial charge in [0, 0.05) is 10.9 Å². The fourth-order valence-corrected chi connectivity index (χ4v) is 1.16. The molecule has 2 nitrogen and oxygen atoms in total. The molecule has 3 heteroatoms. The third-order valence-corrected chi connectivity index (χ3v) is 1.94. The number of allylic oxidation sites excluding steroid dienone is 1. The van der Waals surface area contributed by atoms with Crippen LogP contribution in [0.4, 0.5) is 0 Å². The third kappa shape index (κ3) is 3.03. The summed E-state index contributed by atoms with van der Waals surface area (Å²) in [6.45, 7) is 0. The van der Waals surface area contributed by atoms with Crippen molar-refractivity contribution in [2.45, 2.75) is 0 Å². The fraction of sp³-hybridized carbons (Fsp3) is 0.100. The van der Waals surface area contributed by atoms with Crippen LogP contribution in [0, 0.1) is 0 Å². The molecule has 68 valence electrons. The van der Waals surface area contributed by atoms with Crippen molar-refractivity contribution >= 4 is 27.9 Å². The van der Waals surface area contributed by atoms with E-state index < -0.39 is 5.91 Å². The molecule has 0 spiro atoms. The van der Waals surface area contributed by atoms with E-state index in [4.69, 9.17) is 5.73 Å². The fourth-order valence-electron chi connectivity index (χ4n) is 0.976. The summed E-state index contributed by atoms with van der Waals surface area (Å²) in [5.74, 6) is -0.394. The van der Waals surface area contributed by atoms with Crippen LogP contribution in [-0.4, -0.2) is 11.2 Å². The minimum absolute atomic E-state index is 0.394. The third-order valence-electron chi connectivity index (χ3n) is 1.57. The van der Waals surface area contributed by atoms with Crippen LogP contribution >= 0.6 is 15.9 Å². The van der Waals surface area contributed by atoms with Gasteiger partial charge < -0.3 is 5.73 Å². The van der Waals surface area contributed by atoms with Crippen molar-refractivity contribution in [2.75, 3.05) is 5.33 Å². The number of hydrogen-bond donors (Lipinski definition) is 1. The van der Waals surface area contributed by atoms with Crippen molar-refractivity contribution in [1.82, 2.24) is 0 Å². The highest BCUT2D eigenvalue weighted by atomic mass is 79.9. The molecule has 0 fully saturated rings. The number of benzene rings is 1. The standard InChI is InChI=1S/C10H10BrNO/c11-6-2-4-8-3-1-5-9(7-8)10(12)13/h1-5,7H,6H2,(H2,12,13). The zero-order valence-electron chi connectivity index (χ0n) is 7.03. The second-order valence-electron chi connectivity index (χ2n) is 2.55. The Morgan fingerprint density at radius 1 is 1.54 bits per heavy atom. The van der Waals surface area contributed by atoms with E-state index in [9.17, 15) is 4.79 Å². The van der Waals surface area contributed by atoms with E-state index >= 15 is 0 Å². The summed E-state index contributed by atoms with van der Waals surface area (Å²) in [4.78, 5) is 10.8. The normalized spacial score (nSPS) is 10.5. The first-order valence-corrected chi connectivity index (χ1v) is 4.98. The van der Waals surface area contributed by atoms with Gasteiger partial charge in [0.2, 0.25) is 5.91 Å². The highest BCUT2D eigenvalue weighted by molar-refractivity contribution is 9.09. The lowest BCUT2D eigenvalue weighted by Gasteiger charge is -1.96. The van der Waals surface area contributed by atoms with E-state index in [0.29, 0.717) is 5.56 Å². The van der Waals surface area contributed by atoms with Gasteiger partial charge in [0.25, 0.3) is 0 Å². The number of halogens is 1. The Morgan fingerprint density at radius 3 is 2.92 bits per heavy atom. The molecule has 0 aliphatic carbocycles. The van der Waals surface area contributed by atoms with Gasteiger partial charge >= 0.3 is 0 Å². The Balaban J connectivity index is 2.92. The Bertz CT molecular complexity index is 333. The Kier molecular flexibility index (Phi) is 3.71. The minimum atomic E-state index is -0.394. The molecule has 0 aliphatic rings. The van der Waals surface area contributed by atoms with Crippen molar-refractivity contribution in [3.63, 3.8) is 0 Å². The van der Waals surface area contributed by atoms with Gasteiger partial charge in [-0.05, 0) is 17.7 Å². The van der Waals surface area contributed by atoms with Gasteiger partial charge in [0.1, 0.15) is 0 Å². The lowest BCUT2D eigenvalue weighted by molar-refractivity contribution is 0.100. The minimum Gasteiger partial charge on any atom is -0.366 e. The van der Waals surface area contributed by atoms with Crippen LogP contribution in [0.5, 0.6) is 0 Å². The molecule has 0 atom stereocenters. The van der Waals surface area contributed by atoms with Crippen molar-refractivity contribution in [2.24, 2.45) is 5.73 Å². The zero-order chi connectivity index (χ0) is 9.68. The Labute approximate surface area is 85.6 Å².